The fourth-order valence-electron chi connectivity index (χ4n) is 12.7. The molecule has 10 atom stereocenters. The van der Waals surface area contributed by atoms with Crippen molar-refractivity contribution in [3.05, 3.63) is 12.2 Å². The Morgan fingerprint density at radius 3 is 2.00 bits per heavy atom. The van der Waals surface area contributed by atoms with Gasteiger partial charge in [0.25, 0.3) is 0 Å². The summed E-state index contributed by atoms with van der Waals surface area (Å²) in [5.41, 5.74) is 1.35. The van der Waals surface area contributed by atoms with Crippen LogP contribution in [0.25, 0.3) is 0 Å². The highest BCUT2D eigenvalue weighted by Gasteiger charge is 2.71. The first-order valence-electron chi connectivity index (χ1n) is 17.9. The van der Waals surface area contributed by atoms with Gasteiger partial charge in [-0.2, -0.15) is 0 Å². The van der Waals surface area contributed by atoms with Crippen LogP contribution in [0.2, 0.25) is 0 Å². The van der Waals surface area contributed by atoms with E-state index >= 15 is 0 Å². The number of fused-ring (bicyclic) bond motifs is 7. The van der Waals surface area contributed by atoms with Crippen molar-refractivity contribution in [2.24, 2.45) is 56.7 Å². The molecule has 5 aliphatic rings. The number of hydrogen-bond donors (Lipinski definition) is 2. The van der Waals surface area contributed by atoms with Crippen LogP contribution in [-0.4, -0.2) is 46.8 Å². The SMILES string of the molecule is C=C(C)[C@@H]1CC[C@]2(COC(=O)CCC(=O)O)CC[C@]3(C)[C@H](CC[C@@H]4[C@@]5(C)CC[C@H](OC(=O)CCC(=O)O)C(C)(C)[C@@H]5CC[C@]43C)[C@@H]12. The van der Waals surface area contributed by atoms with Crippen LogP contribution in [0.5, 0.6) is 0 Å². The Balaban J connectivity index is 1.38. The molecular weight excluding hydrogens is 584 g/mol. The number of rotatable bonds is 10. The van der Waals surface area contributed by atoms with Crippen molar-refractivity contribution < 1.29 is 38.9 Å². The molecule has 5 saturated carbocycles. The largest absolute Gasteiger partial charge is 0.481 e. The highest BCUT2D eigenvalue weighted by molar-refractivity contribution is 5.77. The van der Waals surface area contributed by atoms with E-state index in [2.05, 4.69) is 48.1 Å². The van der Waals surface area contributed by atoms with Crippen molar-refractivity contribution in [3.63, 3.8) is 0 Å². The van der Waals surface area contributed by atoms with Gasteiger partial charge in [0.2, 0.25) is 0 Å². The minimum absolute atomic E-state index is 0.0818. The number of aliphatic carboxylic acids is 2. The molecule has 5 fully saturated rings. The summed E-state index contributed by atoms with van der Waals surface area (Å²) in [6, 6.07) is 0. The van der Waals surface area contributed by atoms with Crippen molar-refractivity contribution in [3.8, 4) is 0 Å². The Morgan fingerprint density at radius 2 is 1.37 bits per heavy atom. The molecule has 0 bridgehead atoms. The van der Waals surface area contributed by atoms with E-state index in [9.17, 15) is 19.2 Å². The fourth-order valence-corrected chi connectivity index (χ4v) is 12.7. The smallest absolute Gasteiger partial charge is 0.306 e. The Morgan fingerprint density at radius 1 is 0.717 bits per heavy atom. The van der Waals surface area contributed by atoms with Crippen LogP contribution in [-0.2, 0) is 28.7 Å². The number of allylic oxidation sites excluding steroid dienone is 1. The molecular formula is C38H58O8. The zero-order valence-corrected chi connectivity index (χ0v) is 29.1. The number of ether oxygens (including phenoxy) is 2. The summed E-state index contributed by atoms with van der Waals surface area (Å²) < 4.78 is 11.9. The van der Waals surface area contributed by atoms with E-state index in [1.807, 2.05) is 0 Å². The second-order valence-electron chi connectivity index (χ2n) is 17.3. The third-order valence-corrected chi connectivity index (χ3v) is 15.1. The number of carbonyl (C=O) groups excluding carboxylic acids is 2. The first kappa shape index (κ1) is 34.9. The van der Waals surface area contributed by atoms with Gasteiger partial charge >= 0.3 is 23.9 Å². The average molecular weight is 643 g/mol. The minimum Gasteiger partial charge on any atom is -0.481 e. The second-order valence-corrected chi connectivity index (χ2v) is 17.3. The van der Waals surface area contributed by atoms with E-state index < -0.39 is 23.9 Å². The van der Waals surface area contributed by atoms with Crippen molar-refractivity contribution in [2.75, 3.05) is 6.61 Å². The molecule has 8 nitrogen and oxygen atoms in total. The normalized spacial score (nSPS) is 42.4. The predicted octanol–water partition coefficient (Wildman–Crippen LogP) is 7.83. The van der Waals surface area contributed by atoms with Gasteiger partial charge in [0, 0.05) is 10.8 Å². The maximum Gasteiger partial charge on any atom is 0.306 e. The van der Waals surface area contributed by atoms with Gasteiger partial charge in [-0.3, -0.25) is 19.2 Å². The summed E-state index contributed by atoms with van der Waals surface area (Å²) in [6.07, 6.45) is 9.79. The molecule has 0 radical (unpaired) electrons. The minimum atomic E-state index is -0.980. The van der Waals surface area contributed by atoms with Crippen LogP contribution in [0.1, 0.15) is 131 Å². The highest BCUT2D eigenvalue weighted by Crippen LogP contribution is 2.77. The zero-order valence-electron chi connectivity index (χ0n) is 29.1. The lowest BCUT2D eigenvalue weighted by Crippen LogP contribution is -2.67. The molecule has 0 aliphatic heterocycles. The molecule has 5 rings (SSSR count). The van der Waals surface area contributed by atoms with Gasteiger partial charge in [-0.1, -0.05) is 46.8 Å². The van der Waals surface area contributed by atoms with E-state index in [1.54, 1.807) is 0 Å². The number of carboxylic acid groups (broad SMARTS) is 2. The third-order valence-electron chi connectivity index (χ3n) is 15.1. The summed E-state index contributed by atoms with van der Waals surface area (Å²) in [5, 5.41) is 18.1. The molecule has 2 N–H and O–H groups in total. The number of carboxylic acids is 2. The van der Waals surface area contributed by atoms with E-state index in [-0.39, 0.29) is 58.9 Å². The summed E-state index contributed by atoms with van der Waals surface area (Å²) in [5.74, 6) is -0.505. The van der Waals surface area contributed by atoms with Crippen LogP contribution in [0, 0.1) is 56.7 Å². The Hall–Kier alpha value is -2.38. The molecule has 46 heavy (non-hydrogen) atoms. The molecule has 0 unspecified atom stereocenters. The van der Waals surface area contributed by atoms with Gasteiger partial charge in [-0.05, 0) is 117 Å². The van der Waals surface area contributed by atoms with E-state index in [0.717, 1.165) is 64.2 Å². The lowest BCUT2D eigenvalue weighted by Gasteiger charge is -2.73. The molecule has 5 aliphatic carbocycles. The summed E-state index contributed by atoms with van der Waals surface area (Å²) in [6.45, 7) is 19.2. The van der Waals surface area contributed by atoms with Crippen molar-refractivity contribution in [1.82, 2.24) is 0 Å². The molecule has 0 heterocycles. The maximum absolute atomic E-state index is 12.6. The molecule has 0 aromatic carbocycles. The van der Waals surface area contributed by atoms with Crippen molar-refractivity contribution >= 4 is 23.9 Å². The van der Waals surface area contributed by atoms with Crippen LogP contribution >= 0.6 is 0 Å². The van der Waals surface area contributed by atoms with E-state index in [1.165, 1.54) is 5.57 Å². The number of carbonyl (C=O) groups is 4. The van der Waals surface area contributed by atoms with Gasteiger partial charge in [-0.15, -0.1) is 0 Å². The zero-order chi connectivity index (χ0) is 33.9. The van der Waals surface area contributed by atoms with Crippen molar-refractivity contribution in [2.45, 2.75) is 138 Å². The molecule has 0 amide bonds. The first-order chi connectivity index (χ1) is 21.4. The Kier molecular flexibility index (Phi) is 9.31. The third kappa shape index (κ3) is 5.61. The van der Waals surface area contributed by atoms with E-state index in [4.69, 9.17) is 19.7 Å². The standard InChI is InChI=1S/C38H58O8/c1-23(2)24-14-19-38(22-45-31(43)12-10-29(39)40)21-20-36(6)25(33(24)38)8-9-27-35(5)17-16-28(46-32(44)13-11-30(41)42)34(3,4)26(35)15-18-37(27,36)7/h24-28,33H,1,8-22H2,2-7H3,(H,39,40)(H,41,42)/t24-,25+,26-,27+,28-,33+,35-,36+,37+,38+/m0/s1. The highest BCUT2D eigenvalue weighted by atomic mass is 16.5. The van der Waals surface area contributed by atoms with Gasteiger partial charge in [0.15, 0.2) is 0 Å². The average Bonchev–Trinajstić information content (AvgIpc) is 3.36. The van der Waals surface area contributed by atoms with E-state index in [0.29, 0.717) is 36.2 Å². The summed E-state index contributed by atoms with van der Waals surface area (Å²) >= 11 is 0. The molecule has 0 aromatic rings. The predicted molar refractivity (Wildman–Crippen MR) is 174 cm³/mol. The summed E-state index contributed by atoms with van der Waals surface area (Å²) in [4.78, 5) is 47.3. The molecule has 0 aromatic heterocycles. The number of esters is 2. The van der Waals surface area contributed by atoms with Crippen molar-refractivity contribution in [1.29, 1.82) is 0 Å². The molecule has 8 heteroatoms. The lowest BCUT2D eigenvalue weighted by molar-refractivity contribution is -0.252. The lowest BCUT2D eigenvalue weighted by atomic mass is 9.32. The Labute approximate surface area is 275 Å². The van der Waals surface area contributed by atoms with Crippen LogP contribution in [0.4, 0.5) is 0 Å². The van der Waals surface area contributed by atoms with Gasteiger partial charge in [0.05, 0.1) is 32.3 Å². The van der Waals surface area contributed by atoms with Gasteiger partial charge in [-0.25, -0.2) is 0 Å². The number of hydrogen-bond acceptors (Lipinski definition) is 6. The van der Waals surface area contributed by atoms with Crippen LogP contribution < -0.4 is 0 Å². The summed E-state index contributed by atoms with van der Waals surface area (Å²) in [7, 11) is 0. The molecule has 0 spiro atoms. The van der Waals surface area contributed by atoms with Crippen LogP contribution in [0.15, 0.2) is 12.2 Å². The topological polar surface area (TPSA) is 127 Å². The quantitative estimate of drug-likeness (QED) is 0.182. The molecule has 0 saturated heterocycles. The Bertz CT molecular complexity index is 1250. The van der Waals surface area contributed by atoms with Gasteiger partial charge < -0.3 is 19.7 Å². The van der Waals surface area contributed by atoms with Crippen LogP contribution in [0.3, 0.4) is 0 Å². The second kappa shape index (κ2) is 12.3. The monoisotopic (exact) mass is 642 g/mol. The fraction of sp³-hybridized carbons (Fsp3) is 0.842. The first-order valence-corrected chi connectivity index (χ1v) is 17.9. The molecule has 258 valence electrons. The van der Waals surface area contributed by atoms with Gasteiger partial charge in [0.1, 0.15) is 6.10 Å². The maximum atomic E-state index is 12.6.